The number of aromatic hydroxyl groups is 1. The van der Waals surface area contributed by atoms with Gasteiger partial charge in [0, 0.05) is 0 Å². The first kappa shape index (κ1) is 21.0. The zero-order valence-corrected chi connectivity index (χ0v) is 18.3. The van der Waals surface area contributed by atoms with E-state index in [4.69, 9.17) is 9.57 Å². The van der Waals surface area contributed by atoms with E-state index in [0.717, 1.165) is 11.3 Å². The SMILES string of the molecule is CCOc1cc([C@H]2[C@H]3C(=O)N(c4cccc(C)c4)C(=O)[C@H]3ON2c2ccccc2)ccc1O. The smallest absolute Gasteiger partial charge is 0.266 e. The molecule has 2 aliphatic heterocycles. The number of para-hydroxylation sites is 1. The Morgan fingerprint density at radius 1 is 0.939 bits per heavy atom. The van der Waals surface area contributed by atoms with Gasteiger partial charge in [-0.3, -0.25) is 14.4 Å². The van der Waals surface area contributed by atoms with Gasteiger partial charge >= 0.3 is 0 Å². The highest BCUT2D eigenvalue weighted by Gasteiger charge is 2.60. The number of imide groups is 1. The summed E-state index contributed by atoms with van der Waals surface area (Å²) in [5.41, 5.74) is 2.92. The van der Waals surface area contributed by atoms with E-state index in [-0.39, 0.29) is 17.6 Å². The number of aryl methyl sites for hydroxylation is 1. The molecule has 5 rings (SSSR count). The van der Waals surface area contributed by atoms with Crippen LogP contribution >= 0.6 is 0 Å². The third-order valence-corrected chi connectivity index (χ3v) is 6.01. The van der Waals surface area contributed by atoms with E-state index in [1.807, 2.05) is 62.4 Å². The lowest BCUT2D eigenvalue weighted by Crippen LogP contribution is -2.37. The Morgan fingerprint density at radius 3 is 2.42 bits per heavy atom. The van der Waals surface area contributed by atoms with E-state index in [1.165, 1.54) is 11.0 Å². The number of hydroxylamine groups is 1. The number of anilines is 2. The molecule has 0 unspecified atom stereocenters. The van der Waals surface area contributed by atoms with Crippen molar-refractivity contribution in [1.82, 2.24) is 0 Å². The monoisotopic (exact) mass is 444 g/mol. The van der Waals surface area contributed by atoms with Gasteiger partial charge in [-0.2, -0.15) is 0 Å². The van der Waals surface area contributed by atoms with Gasteiger partial charge in [0.1, 0.15) is 5.92 Å². The first-order valence-corrected chi connectivity index (χ1v) is 10.9. The Hall–Kier alpha value is -3.84. The van der Waals surface area contributed by atoms with E-state index in [9.17, 15) is 14.7 Å². The molecule has 2 heterocycles. The standard InChI is InChI=1S/C26H24N2O5/c1-3-32-21-15-17(12-13-20(21)29)23-22-24(33-28(23)18-9-5-4-6-10-18)26(31)27(25(22)30)19-11-7-8-16(2)14-19/h4-15,22-24,29H,3H2,1-2H3/t22-,23+,24+/m1/s1. The molecule has 0 saturated carbocycles. The van der Waals surface area contributed by atoms with E-state index in [0.29, 0.717) is 23.6 Å². The molecule has 7 nitrogen and oxygen atoms in total. The Morgan fingerprint density at radius 2 is 1.70 bits per heavy atom. The van der Waals surface area contributed by atoms with E-state index in [1.54, 1.807) is 23.3 Å². The average Bonchev–Trinajstić information content (AvgIpc) is 3.32. The molecule has 0 aliphatic carbocycles. The summed E-state index contributed by atoms with van der Waals surface area (Å²) in [4.78, 5) is 34.4. The lowest BCUT2D eigenvalue weighted by Gasteiger charge is -2.29. The van der Waals surface area contributed by atoms with Crippen molar-refractivity contribution in [3.63, 3.8) is 0 Å². The number of benzene rings is 3. The fourth-order valence-corrected chi connectivity index (χ4v) is 4.56. The van der Waals surface area contributed by atoms with Gasteiger partial charge in [0.05, 0.1) is 24.0 Å². The molecule has 1 N–H and O–H groups in total. The molecule has 2 fully saturated rings. The maximum absolute atomic E-state index is 13.7. The Balaban J connectivity index is 1.60. The Labute approximate surface area is 191 Å². The number of carbonyl (C=O) groups excluding carboxylic acids is 2. The molecule has 2 amide bonds. The molecule has 7 heteroatoms. The predicted octanol–water partition coefficient (Wildman–Crippen LogP) is 4.15. The number of amides is 2. The molecule has 0 radical (unpaired) electrons. The second-order valence-corrected chi connectivity index (χ2v) is 8.17. The molecule has 0 spiro atoms. The van der Waals surface area contributed by atoms with Crippen LogP contribution in [-0.4, -0.2) is 29.6 Å². The second-order valence-electron chi connectivity index (χ2n) is 8.17. The van der Waals surface area contributed by atoms with Gasteiger partial charge in [-0.05, 0) is 61.4 Å². The molecule has 3 aromatic rings. The zero-order valence-electron chi connectivity index (χ0n) is 18.3. The van der Waals surface area contributed by atoms with Crippen LogP contribution in [0.4, 0.5) is 11.4 Å². The molecular formula is C26H24N2O5. The number of hydrogen-bond acceptors (Lipinski definition) is 6. The summed E-state index contributed by atoms with van der Waals surface area (Å²) >= 11 is 0. The zero-order chi connectivity index (χ0) is 23.1. The van der Waals surface area contributed by atoms with Crippen molar-refractivity contribution in [2.75, 3.05) is 16.6 Å². The van der Waals surface area contributed by atoms with Gasteiger partial charge in [-0.15, -0.1) is 0 Å². The average molecular weight is 444 g/mol. The van der Waals surface area contributed by atoms with Crippen molar-refractivity contribution in [3.8, 4) is 11.5 Å². The van der Waals surface area contributed by atoms with Crippen LogP contribution < -0.4 is 14.7 Å². The highest BCUT2D eigenvalue weighted by molar-refractivity contribution is 6.24. The minimum Gasteiger partial charge on any atom is -0.504 e. The molecule has 3 aromatic carbocycles. The Bertz CT molecular complexity index is 1210. The molecule has 2 saturated heterocycles. The Kier molecular flexibility index (Phi) is 5.26. The summed E-state index contributed by atoms with van der Waals surface area (Å²) in [6, 6.07) is 21.1. The van der Waals surface area contributed by atoms with Gasteiger partial charge in [0.15, 0.2) is 17.6 Å². The number of ether oxygens (including phenoxy) is 1. The van der Waals surface area contributed by atoms with E-state index in [2.05, 4.69) is 0 Å². The van der Waals surface area contributed by atoms with Crippen molar-refractivity contribution in [2.24, 2.45) is 5.92 Å². The minimum atomic E-state index is -0.951. The minimum absolute atomic E-state index is 0.0116. The van der Waals surface area contributed by atoms with Gasteiger partial charge in [0.2, 0.25) is 5.91 Å². The van der Waals surface area contributed by atoms with Gasteiger partial charge in [-0.25, -0.2) is 9.96 Å². The van der Waals surface area contributed by atoms with Crippen LogP contribution in [0.1, 0.15) is 24.1 Å². The number of rotatable bonds is 5. The molecule has 2 aliphatic rings. The highest BCUT2D eigenvalue weighted by atomic mass is 16.7. The van der Waals surface area contributed by atoms with Crippen molar-refractivity contribution < 1.29 is 24.3 Å². The number of nitrogens with zero attached hydrogens (tertiary/aromatic N) is 2. The largest absolute Gasteiger partial charge is 0.504 e. The van der Waals surface area contributed by atoms with Gasteiger partial charge in [0.25, 0.3) is 5.91 Å². The fraction of sp³-hybridized carbons (Fsp3) is 0.231. The summed E-state index contributed by atoms with van der Waals surface area (Å²) in [6.07, 6.45) is -0.951. The summed E-state index contributed by atoms with van der Waals surface area (Å²) in [7, 11) is 0. The fourth-order valence-electron chi connectivity index (χ4n) is 4.56. The van der Waals surface area contributed by atoms with Crippen LogP contribution in [-0.2, 0) is 14.4 Å². The lowest BCUT2D eigenvalue weighted by molar-refractivity contribution is -0.126. The number of fused-ring (bicyclic) bond motifs is 1. The number of phenols is 1. The summed E-state index contributed by atoms with van der Waals surface area (Å²) in [5, 5.41) is 11.8. The van der Waals surface area contributed by atoms with Crippen molar-refractivity contribution >= 4 is 23.2 Å². The molecule has 168 valence electrons. The molecule has 33 heavy (non-hydrogen) atoms. The van der Waals surface area contributed by atoms with Crippen LogP contribution in [0, 0.1) is 12.8 Å². The van der Waals surface area contributed by atoms with Crippen LogP contribution in [0.5, 0.6) is 11.5 Å². The molecule has 0 bridgehead atoms. The molecule has 3 atom stereocenters. The van der Waals surface area contributed by atoms with Crippen LogP contribution in [0.2, 0.25) is 0 Å². The normalized spacial score (nSPS) is 22.1. The first-order valence-electron chi connectivity index (χ1n) is 10.9. The van der Waals surface area contributed by atoms with Crippen LogP contribution in [0.25, 0.3) is 0 Å². The predicted molar refractivity (Wildman–Crippen MR) is 123 cm³/mol. The number of carbonyl (C=O) groups is 2. The topological polar surface area (TPSA) is 79.3 Å². The second kappa shape index (κ2) is 8.26. The molecule has 0 aromatic heterocycles. The van der Waals surface area contributed by atoms with Crippen molar-refractivity contribution in [1.29, 1.82) is 0 Å². The van der Waals surface area contributed by atoms with E-state index >= 15 is 0 Å². The maximum atomic E-state index is 13.7. The van der Waals surface area contributed by atoms with Gasteiger partial charge in [-0.1, -0.05) is 36.4 Å². The van der Waals surface area contributed by atoms with Crippen molar-refractivity contribution in [3.05, 3.63) is 83.9 Å². The highest BCUT2D eigenvalue weighted by Crippen LogP contribution is 2.48. The summed E-state index contributed by atoms with van der Waals surface area (Å²) < 4.78 is 5.57. The third-order valence-electron chi connectivity index (χ3n) is 6.01. The van der Waals surface area contributed by atoms with Crippen LogP contribution in [0.3, 0.4) is 0 Å². The number of phenolic OH excluding ortho intramolecular Hbond substituents is 1. The maximum Gasteiger partial charge on any atom is 0.266 e. The summed E-state index contributed by atoms with van der Waals surface area (Å²) in [6.45, 7) is 4.12. The lowest BCUT2D eigenvalue weighted by atomic mass is 9.90. The van der Waals surface area contributed by atoms with E-state index < -0.39 is 18.1 Å². The quantitative estimate of drug-likeness (QED) is 0.596. The molecular weight excluding hydrogens is 420 g/mol. The first-order chi connectivity index (χ1) is 16.0. The summed E-state index contributed by atoms with van der Waals surface area (Å²) in [5.74, 6) is -1.12. The van der Waals surface area contributed by atoms with Crippen LogP contribution in [0.15, 0.2) is 72.8 Å². The van der Waals surface area contributed by atoms with Gasteiger partial charge < -0.3 is 9.84 Å². The third kappa shape index (κ3) is 3.50. The van der Waals surface area contributed by atoms with Crippen molar-refractivity contribution in [2.45, 2.75) is 26.0 Å². The number of hydrogen-bond donors (Lipinski definition) is 1.